The maximum absolute atomic E-state index is 12.0. The van der Waals surface area contributed by atoms with Gasteiger partial charge in [0.2, 0.25) is 11.8 Å². The lowest BCUT2D eigenvalue weighted by Crippen LogP contribution is -2.52. The van der Waals surface area contributed by atoms with Gasteiger partial charge in [0, 0.05) is 12.0 Å². The Labute approximate surface area is 114 Å². The number of hydrogen-bond donors (Lipinski definition) is 3. The van der Waals surface area contributed by atoms with Gasteiger partial charge in [-0.2, -0.15) is 0 Å². The van der Waals surface area contributed by atoms with E-state index in [1.165, 1.54) is 25.3 Å². The van der Waals surface area contributed by atoms with Crippen molar-refractivity contribution in [2.24, 2.45) is 0 Å². The molecule has 1 unspecified atom stereocenters. The number of carbonyl (C=O) groups excluding carboxylic acids is 3. The maximum Gasteiger partial charge on any atom is 0.252 e. The molecule has 7 heteroatoms. The lowest BCUT2D eigenvalue weighted by atomic mass is 10.1. The summed E-state index contributed by atoms with van der Waals surface area (Å²) in [5.41, 5.74) is 0.254. The summed E-state index contributed by atoms with van der Waals surface area (Å²) in [6, 6.07) is 3.38. The van der Waals surface area contributed by atoms with Gasteiger partial charge in [0.05, 0.1) is 7.11 Å². The van der Waals surface area contributed by atoms with Crippen LogP contribution < -0.4 is 15.4 Å². The first-order valence-corrected chi connectivity index (χ1v) is 6.03. The normalized spacial score (nSPS) is 18.4. The molecule has 0 saturated carbocycles. The molecular weight excluding hydrogens is 264 g/mol. The van der Waals surface area contributed by atoms with Gasteiger partial charge in [0.1, 0.15) is 6.04 Å². The number of rotatable bonds is 3. The molecule has 0 bridgehead atoms. The molecule has 0 aromatic heterocycles. The van der Waals surface area contributed by atoms with E-state index in [1.54, 1.807) is 0 Å². The molecule has 1 aliphatic heterocycles. The third kappa shape index (κ3) is 2.87. The van der Waals surface area contributed by atoms with Crippen LogP contribution in [0.25, 0.3) is 0 Å². The molecule has 1 saturated heterocycles. The van der Waals surface area contributed by atoms with Crippen molar-refractivity contribution in [3.8, 4) is 11.5 Å². The van der Waals surface area contributed by atoms with Gasteiger partial charge in [-0.1, -0.05) is 0 Å². The van der Waals surface area contributed by atoms with Crippen LogP contribution in [0.15, 0.2) is 18.2 Å². The van der Waals surface area contributed by atoms with E-state index in [0.29, 0.717) is 0 Å². The molecule has 3 amide bonds. The van der Waals surface area contributed by atoms with Crippen LogP contribution in [0.3, 0.4) is 0 Å². The highest BCUT2D eigenvalue weighted by Gasteiger charge is 2.28. The van der Waals surface area contributed by atoms with Crippen molar-refractivity contribution in [3.05, 3.63) is 23.8 Å². The zero-order chi connectivity index (χ0) is 14.7. The molecule has 1 atom stereocenters. The number of phenolic OH excluding ortho intramolecular Hbond substituents is 1. The van der Waals surface area contributed by atoms with E-state index >= 15 is 0 Å². The predicted octanol–water partition coefficient (Wildman–Crippen LogP) is -0.0642. The second-order valence-corrected chi connectivity index (χ2v) is 4.36. The minimum atomic E-state index is -0.736. The van der Waals surface area contributed by atoms with Crippen molar-refractivity contribution in [1.82, 2.24) is 10.6 Å². The van der Waals surface area contributed by atoms with Gasteiger partial charge in [0.15, 0.2) is 11.5 Å². The summed E-state index contributed by atoms with van der Waals surface area (Å²) in [7, 11) is 1.37. The number of piperidine rings is 1. The highest BCUT2D eigenvalue weighted by molar-refractivity contribution is 6.03. The average molecular weight is 278 g/mol. The Kier molecular flexibility index (Phi) is 3.88. The van der Waals surface area contributed by atoms with Gasteiger partial charge in [0.25, 0.3) is 5.91 Å². The van der Waals surface area contributed by atoms with Crippen molar-refractivity contribution < 1.29 is 24.2 Å². The topological polar surface area (TPSA) is 105 Å². The third-order valence-corrected chi connectivity index (χ3v) is 2.99. The molecule has 1 fully saturated rings. The Morgan fingerprint density at radius 2 is 2.20 bits per heavy atom. The number of amides is 3. The number of carbonyl (C=O) groups is 3. The van der Waals surface area contributed by atoms with Gasteiger partial charge in [-0.15, -0.1) is 0 Å². The molecule has 7 nitrogen and oxygen atoms in total. The van der Waals surface area contributed by atoms with Crippen LogP contribution in [0, 0.1) is 0 Å². The first-order chi connectivity index (χ1) is 9.51. The monoisotopic (exact) mass is 278 g/mol. The van der Waals surface area contributed by atoms with E-state index in [-0.39, 0.29) is 35.8 Å². The summed E-state index contributed by atoms with van der Waals surface area (Å²) in [5.74, 6) is -1.24. The predicted molar refractivity (Wildman–Crippen MR) is 68.3 cm³/mol. The number of imide groups is 1. The first kappa shape index (κ1) is 13.9. The Morgan fingerprint density at radius 1 is 1.45 bits per heavy atom. The summed E-state index contributed by atoms with van der Waals surface area (Å²) in [5, 5.41) is 14.1. The number of nitrogens with one attached hydrogen (secondary N) is 2. The van der Waals surface area contributed by atoms with Gasteiger partial charge in [-0.25, -0.2) is 0 Å². The van der Waals surface area contributed by atoms with Crippen molar-refractivity contribution in [2.45, 2.75) is 18.9 Å². The van der Waals surface area contributed by atoms with Crippen molar-refractivity contribution in [2.75, 3.05) is 7.11 Å². The van der Waals surface area contributed by atoms with E-state index in [4.69, 9.17) is 4.74 Å². The van der Waals surface area contributed by atoms with Gasteiger partial charge >= 0.3 is 0 Å². The number of benzene rings is 1. The Balaban J connectivity index is 2.08. The van der Waals surface area contributed by atoms with Gasteiger partial charge in [-0.3, -0.25) is 19.7 Å². The quantitative estimate of drug-likeness (QED) is 0.672. The van der Waals surface area contributed by atoms with E-state index in [9.17, 15) is 19.5 Å². The second kappa shape index (κ2) is 5.60. The standard InChI is InChI=1S/C13H14N2O5/c1-20-10-6-7(2-4-9(10)16)12(18)14-8-3-5-11(17)15-13(8)19/h2,4,6,8,16H,3,5H2,1H3,(H,14,18)(H,15,17,19). The van der Waals surface area contributed by atoms with Gasteiger partial charge in [-0.05, 0) is 24.6 Å². The number of hydrogen-bond acceptors (Lipinski definition) is 5. The number of ether oxygens (including phenoxy) is 1. The molecule has 1 aromatic carbocycles. The molecule has 0 radical (unpaired) electrons. The largest absolute Gasteiger partial charge is 0.504 e. The molecule has 20 heavy (non-hydrogen) atoms. The second-order valence-electron chi connectivity index (χ2n) is 4.36. The molecule has 106 valence electrons. The molecule has 0 spiro atoms. The van der Waals surface area contributed by atoms with Crippen LogP contribution in [0.1, 0.15) is 23.2 Å². The Hall–Kier alpha value is -2.57. The van der Waals surface area contributed by atoms with E-state index in [2.05, 4.69) is 10.6 Å². The molecule has 2 rings (SSSR count). The number of phenols is 1. The van der Waals surface area contributed by atoms with Crippen LogP contribution in [0.2, 0.25) is 0 Å². The fourth-order valence-electron chi connectivity index (χ4n) is 1.89. The van der Waals surface area contributed by atoms with Crippen LogP contribution in [-0.4, -0.2) is 36.0 Å². The molecule has 3 N–H and O–H groups in total. The SMILES string of the molecule is COc1cc(C(=O)NC2CCC(=O)NC2=O)ccc1O. The van der Waals surface area contributed by atoms with Crippen LogP contribution in [-0.2, 0) is 9.59 Å². The summed E-state index contributed by atoms with van der Waals surface area (Å²) >= 11 is 0. The van der Waals surface area contributed by atoms with Crippen LogP contribution in [0.5, 0.6) is 11.5 Å². The van der Waals surface area contributed by atoms with Gasteiger partial charge < -0.3 is 15.2 Å². The van der Waals surface area contributed by atoms with Crippen LogP contribution >= 0.6 is 0 Å². The zero-order valence-electron chi connectivity index (χ0n) is 10.8. The maximum atomic E-state index is 12.0. The molecule has 1 aromatic rings. The highest BCUT2D eigenvalue weighted by atomic mass is 16.5. The Bertz CT molecular complexity index is 570. The molecular formula is C13H14N2O5. The third-order valence-electron chi connectivity index (χ3n) is 2.99. The lowest BCUT2D eigenvalue weighted by Gasteiger charge is -2.21. The van der Waals surface area contributed by atoms with E-state index in [0.717, 1.165) is 0 Å². The van der Waals surface area contributed by atoms with E-state index in [1.807, 2.05) is 0 Å². The Morgan fingerprint density at radius 3 is 2.85 bits per heavy atom. The minimum absolute atomic E-state index is 0.0787. The summed E-state index contributed by atoms with van der Waals surface area (Å²) in [6.07, 6.45) is 0.460. The summed E-state index contributed by atoms with van der Waals surface area (Å²) in [4.78, 5) is 34.6. The average Bonchev–Trinajstić information content (AvgIpc) is 2.42. The highest BCUT2D eigenvalue weighted by Crippen LogP contribution is 2.26. The van der Waals surface area contributed by atoms with E-state index < -0.39 is 17.9 Å². The van der Waals surface area contributed by atoms with Crippen molar-refractivity contribution >= 4 is 17.7 Å². The first-order valence-electron chi connectivity index (χ1n) is 6.03. The van der Waals surface area contributed by atoms with Crippen LogP contribution in [0.4, 0.5) is 0 Å². The number of aromatic hydroxyl groups is 1. The zero-order valence-corrected chi connectivity index (χ0v) is 10.8. The van der Waals surface area contributed by atoms with Crippen molar-refractivity contribution in [3.63, 3.8) is 0 Å². The summed E-state index contributed by atoms with van der Waals surface area (Å²) in [6.45, 7) is 0. The fourth-order valence-corrected chi connectivity index (χ4v) is 1.89. The molecule has 1 aliphatic rings. The lowest BCUT2D eigenvalue weighted by molar-refractivity contribution is -0.134. The molecule has 0 aliphatic carbocycles. The smallest absolute Gasteiger partial charge is 0.252 e. The fraction of sp³-hybridized carbons (Fsp3) is 0.308. The summed E-state index contributed by atoms with van der Waals surface area (Å²) < 4.78 is 4.91. The molecule has 1 heterocycles. The van der Waals surface area contributed by atoms with Crippen molar-refractivity contribution in [1.29, 1.82) is 0 Å². The minimum Gasteiger partial charge on any atom is -0.504 e. The number of methoxy groups -OCH3 is 1.